The quantitative estimate of drug-likeness (QED) is 0.602. The molecular formula is C7H5Cl3FN. The molecule has 1 aromatic carbocycles. The van der Waals surface area contributed by atoms with Crippen LogP contribution >= 0.6 is 34.8 Å². The van der Waals surface area contributed by atoms with Crippen LogP contribution < -0.4 is 5.54 Å². The Kier molecular flexibility index (Phi) is 3.59. The summed E-state index contributed by atoms with van der Waals surface area (Å²) in [6.45, 7) is -0.0434. The van der Waals surface area contributed by atoms with E-state index in [9.17, 15) is 4.48 Å². The normalized spacial score (nSPS) is 10.3. The van der Waals surface area contributed by atoms with Crippen molar-refractivity contribution >= 4 is 34.8 Å². The molecule has 1 N–H and O–H groups in total. The largest absolute Gasteiger partial charge is 0.155 e. The van der Waals surface area contributed by atoms with Gasteiger partial charge in [-0.1, -0.05) is 34.8 Å². The number of hydrogen-bond acceptors (Lipinski definition) is 1. The smallest absolute Gasteiger partial charge is 0.0653 e. The highest BCUT2D eigenvalue weighted by molar-refractivity contribution is 6.44. The second-order valence-corrected chi connectivity index (χ2v) is 3.32. The van der Waals surface area contributed by atoms with E-state index in [-0.39, 0.29) is 11.6 Å². The first-order valence-corrected chi connectivity index (χ1v) is 4.26. The highest BCUT2D eigenvalue weighted by atomic mass is 35.5. The van der Waals surface area contributed by atoms with Crippen LogP contribution in [0.5, 0.6) is 0 Å². The molecule has 0 aliphatic carbocycles. The first-order valence-electron chi connectivity index (χ1n) is 3.12. The second kappa shape index (κ2) is 4.28. The van der Waals surface area contributed by atoms with Crippen molar-refractivity contribution in [1.29, 1.82) is 0 Å². The molecule has 1 rings (SSSR count). The molecule has 0 unspecified atom stereocenters. The van der Waals surface area contributed by atoms with Gasteiger partial charge in [-0.3, -0.25) is 0 Å². The van der Waals surface area contributed by atoms with E-state index in [0.717, 1.165) is 0 Å². The molecule has 0 radical (unpaired) electrons. The molecule has 0 amide bonds. The zero-order chi connectivity index (χ0) is 9.14. The van der Waals surface area contributed by atoms with Crippen molar-refractivity contribution < 1.29 is 4.48 Å². The van der Waals surface area contributed by atoms with Gasteiger partial charge in [-0.05, 0) is 12.1 Å². The monoisotopic (exact) mass is 227 g/mol. The van der Waals surface area contributed by atoms with Gasteiger partial charge in [0.2, 0.25) is 0 Å². The van der Waals surface area contributed by atoms with Crippen molar-refractivity contribution in [1.82, 2.24) is 5.54 Å². The zero-order valence-electron chi connectivity index (χ0n) is 5.87. The van der Waals surface area contributed by atoms with Gasteiger partial charge in [-0.25, -0.2) is 0 Å². The Labute approximate surface area is 84.4 Å². The lowest BCUT2D eigenvalue weighted by atomic mass is 10.2. The molecule has 5 heteroatoms. The van der Waals surface area contributed by atoms with Crippen molar-refractivity contribution in [3.05, 3.63) is 32.8 Å². The van der Waals surface area contributed by atoms with Crippen LogP contribution in [-0.2, 0) is 6.54 Å². The SMILES string of the molecule is FNCc1c(Cl)ccc(Cl)c1Cl. The lowest BCUT2D eigenvalue weighted by molar-refractivity contribution is 0.330. The average molecular weight is 228 g/mol. The van der Waals surface area contributed by atoms with Crippen molar-refractivity contribution in [2.45, 2.75) is 6.54 Å². The van der Waals surface area contributed by atoms with Crippen molar-refractivity contribution in [3.8, 4) is 0 Å². The molecule has 0 fully saturated rings. The number of nitrogens with one attached hydrogen (secondary N) is 1. The maximum absolute atomic E-state index is 11.8. The third-order valence-corrected chi connectivity index (χ3v) is 2.58. The minimum atomic E-state index is -0.0434. The Balaban J connectivity index is 3.14. The van der Waals surface area contributed by atoms with E-state index in [1.54, 1.807) is 12.1 Å². The summed E-state index contributed by atoms with van der Waals surface area (Å²) in [5.41, 5.74) is 1.93. The van der Waals surface area contributed by atoms with Crippen LogP contribution in [-0.4, -0.2) is 0 Å². The average Bonchev–Trinajstić information content (AvgIpc) is 2.06. The van der Waals surface area contributed by atoms with Crippen LogP contribution in [0.2, 0.25) is 15.1 Å². The van der Waals surface area contributed by atoms with Gasteiger partial charge in [0.05, 0.1) is 16.6 Å². The van der Waals surface area contributed by atoms with Gasteiger partial charge >= 0.3 is 0 Å². The van der Waals surface area contributed by atoms with Crippen LogP contribution in [0.3, 0.4) is 0 Å². The van der Waals surface area contributed by atoms with Crippen molar-refractivity contribution in [2.24, 2.45) is 0 Å². The molecule has 0 heterocycles. The van der Waals surface area contributed by atoms with E-state index in [1.165, 1.54) is 5.54 Å². The maximum Gasteiger partial charge on any atom is 0.0653 e. The summed E-state index contributed by atoms with van der Waals surface area (Å²) in [7, 11) is 0. The third kappa shape index (κ3) is 2.02. The predicted molar refractivity (Wildman–Crippen MR) is 49.4 cm³/mol. The van der Waals surface area contributed by atoms with E-state index in [2.05, 4.69) is 0 Å². The molecule has 0 saturated heterocycles. The Morgan fingerprint density at radius 2 is 1.75 bits per heavy atom. The summed E-state index contributed by atoms with van der Waals surface area (Å²) in [6.07, 6.45) is 0. The van der Waals surface area contributed by atoms with E-state index >= 15 is 0 Å². The van der Waals surface area contributed by atoms with Gasteiger partial charge in [0.15, 0.2) is 0 Å². The summed E-state index contributed by atoms with van der Waals surface area (Å²) in [4.78, 5) is 0. The summed E-state index contributed by atoms with van der Waals surface area (Å²) in [5, 5.41) is 1.05. The summed E-state index contributed by atoms with van der Waals surface area (Å²) in [6, 6.07) is 3.14. The van der Waals surface area contributed by atoms with Gasteiger partial charge in [0, 0.05) is 10.6 Å². The Bertz CT molecular complexity index is 290. The molecule has 0 aromatic heterocycles. The van der Waals surface area contributed by atoms with Crippen LogP contribution in [0.4, 0.5) is 4.48 Å². The molecule has 0 atom stereocenters. The fourth-order valence-corrected chi connectivity index (χ4v) is 1.48. The molecular weight excluding hydrogens is 223 g/mol. The molecule has 0 saturated carbocycles. The van der Waals surface area contributed by atoms with Gasteiger partial charge in [-0.15, -0.1) is 4.48 Å². The number of hydrogen-bond donors (Lipinski definition) is 1. The highest BCUT2D eigenvalue weighted by Gasteiger charge is 2.08. The molecule has 0 bridgehead atoms. The maximum atomic E-state index is 11.8. The van der Waals surface area contributed by atoms with Crippen LogP contribution in [0.1, 0.15) is 5.56 Å². The number of benzene rings is 1. The summed E-state index contributed by atoms with van der Waals surface area (Å²) in [5.74, 6) is 0. The van der Waals surface area contributed by atoms with Gasteiger partial charge in [-0.2, -0.15) is 5.54 Å². The van der Waals surface area contributed by atoms with E-state index < -0.39 is 0 Å². The Morgan fingerprint density at radius 1 is 1.17 bits per heavy atom. The highest BCUT2D eigenvalue weighted by Crippen LogP contribution is 2.31. The van der Waals surface area contributed by atoms with Crippen molar-refractivity contribution in [2.75, 3.05) is 0 Å². The fourth-order valence-electron chi connectivity index (χ4n) is 0.798. The molecule has 1 nitrogen and oxygen atoms in total. The number of halogens is 4. The van der Waals surface area contributed by atoms with Crippen LogP contribution in [0.25, 0.3) is 0 Å². The van der Waals surface area contributed by atoms with Crippen molar-refractivity contribution in [3.63, 3.8) is 0 Å². The van der Waals surface area contributed by atoms with E-state index in [0.29, 0.717) is 15.6 Å². The van der Waals surface area contributed by atoms with E-state index in [1.807, 2.05) is 0 Å². The second-order valence-electron chi connectivity index (χ2n) is 2.13. The molecule has 0 spiro atoms. The van der Waals surface area contributed by atoms with Crippen LogP contribution in [0, 0.1) is 0 Å². The molecule has 0 aliphatic heterocycles. The van der Waals surface area contributed by atoms with Gasteiger partial charge in [0.1, 0.15) is 0 Å². The molecule has 12 heavy (non-hydrogen) atoms. The zero-order valence-corrected chi connectivity index (χ0v) is 8.14. The standard InChI is InChI=1S/C7H5Cl3FN/c8-5-1-2-6(9)7(10)4(5)3-12-11/h1-2,12H,3H2. The lowest BCUT2D eigenvalue weighted by Crippen LogP contribution is -2.01. The van der Waals surface area contributed by atoms with Gasteiger partial charge in [0.25, 0.3) is 0 Å². The molecule has 0 aliphatic rings. The predicted octanol–water partition coefficient (Wildman–Crippen LogP) is 3.62. The topological polar surface area (TPSA) is 12.0 Å². The minimum absolute atomic E-state index is 0.0434. The lowest BCUT2D eigenvalue weighted by Gasteiger charge is -2.05. The molecule has 66 valence electrons. The fraction of sp³-hybridized carbons (Fsp3) is 0.143. The van der Waals surface area contributed by atoms with E-state index in [4.69, 9.17) is 34.8 Å². The first-order chi connectivity index (χ1) is 5.66. The Hall–Kier alpha value is -0.0200. The molecule has 1 aromatic rings. The van der Waals surface area contributed by atoms with Crippen LogP contribution in [0.15, 0.2) is 12.1 Å². The summed E-state index contributed by atoms with van der Waals surface area (Å²) >= 11 is 17.2. The number of rotatable bonds is 2. The van der Waals surface area contributed by atoms with Gasteiger partial charge < -0.3 is 0 Å². The summed E-state index contributed by atoms with van der Waals surface area (Å²) < 4.78 is 11.8. The third-order valence-electron chi connectivity index (χ3n) is 1.38. The first kappa shape index (κ1) is 10.1. The minimum Gasteiger partial charge on any atom is -0.155 e. The Morgan fingerprint density at radius 3 is 2.33 bits per heavy atom.